The molecule has 0 saturated heterocycles. The lowest BCUT2D eigenvalue weighted by atomic mass is 9.84. The Labute approximate surface area is 259 Å². The van der Waals surface area contributed by atoms with E-state index in [1.54, 1.807) is 6.92 Å². The fourth-order valence-corrected chi connectivity index (χ4v) is 5.19. The summed E-state index contributed by atoms with van der Waals surface area (Å²) in [6, 6.07) is 12.0. The molecule has 3 aromatic rings. The number of nitrogens with zero attached hydrogens (tertiary/aromatic N) is 2. The Morgan fingerprint density at radius 2 is 1.67 bits per heavy atom. The first-order valence-corrected chi connectivity index (χ1v) is 14.3. The molecule has 0 aliphatic carbocycles. The van der Waals surface area contributed by atoms with Crippen molar-refractivity contribution in [1.82, 2.24) is 15.1 Å². The molecule has 10 nitrogen and oxygen atoms in total. The Balaban J connectivity index is 1.80. The Hall–Kier alpha value is -4.02. The first-order valence-electron chi connectivity index (χ1n) is 13.5. The molecule has 1 amide bonds. The van der Waals surface area contributed by atoms with Gasteiger partial charge in [-0.1, -0.05) is 81.2 Å². The number of rotatable bonds is 12. The predicted octanol–water partition coefficient (Wildman–Crippen LogP) is 4.78. The number of ketones is 1. The number of hydrogen-bond donors (Lipinski definition) is 2. The number of carbonyl (C=O) groups is 4. The molecule has 1 aromatic heterocycles. The van der Waals surface area contributed by atoms with Gasteiger partial charge in [-0.25, -0.2) is 9.48 Å². The lowest BCUT2D eigenvalue weighted by molar-refractivity contribution is -0.140. The number of aliphatic carboxylic acids is 1. The van der Waals surface area contributed by atoms with Crippen LogP contribution in [0.2, 0.25) is 10.0 Å². The topological polar surface area (TPSA) is 145 Å². The summed E-state index contributed by atoms with van der Waals surface area (Å²) in [4.78, 5) is 63.8. The zero-order chi connectivity index (χ0) is 31.9. The Morgan fingerprint density at radius 3 is 2.28 bits per heavy atom. The molecule has 2 atom stereocenters. The third-order valence-corrected chi connectivity index (χ3v) is 7.41. The van der Waals surface area contributed by atoms with Crippen LogP contribution in [0, 0.1) is 0 Å². The molecular weight excluding hydrogens is 597 g/mol. The van der Waals surface area contributed by atoms with Crippen molar-refractivity contribution in [3.05, 3.63) is 97.4 Å². The molecule has 0 radical (unpaired) electrons. The van der Waals surface area contributed by atoms with Crippen molar-refractivity contribution in [2.24, 2.45) is 0 Å². The zero-order valence-electron chi connectivity index (χ0n) is 24.2. The maximum atomic E-state index is 13.5. The van der Waals surface area contributed by atoms with Crippen LogP contribution < -0.4 is 10.9 Å². The van der Waals surface area contributed by atoms with Gasteiger partial charge in [0.05, 0.1) is 34.5 Å². The van der Waals surface area contributed by atoms with E-state index in [1.807, 2.05) is 24.3 Å². The Kier molecular flexibility index (Phi) is 11.2. The lowest BCUT2D eigenvalue weighted by Crippen LogP contribution is -2.46. The number of halogens is 2. The third kappa shape index (κ3) is 8.52. The second-order valence-electron chi connectivity index (χ2n) is 10.9. The summed E-state index contributed by atoms with van der Waals surface area (Å²) in [5.41, 5.74) is 1.28. The van der Waals surface area contributed by atoms with Crippen LogP contribution >= 0.6 is 23.2 Å². The summed E-state index contributed by atoms with van der Waals surface area (Å²) in [5, 5.41) is 16.0. The zero-order valence-corrected chi connectivity index (χ0v) is 25.7. The Bertz CT molecular complexity index is 1560. The van der Waals surface area contributed by atoms with Gasteiger partial charge in [0.2, 0.25) is 5.91 Å². The number of Topliss-reactive ketones (excluding diaryl/α,β-unsaturated/α-hetero) is 1. The maximum Gasteiger partial charge on any atom is 0.341 e. The minimum atomic E-state index is -1.53. The number of benzene rings is 2. The quantitative estimate of drug-likeness (QED) is 0.272. The van der Waals surface area contributed by atoms with Crippen molar-refractivity contribution in [3.63, 3.8) is 0 Å². The molecule has 0 bridgehead atoms. The summed E-state index contributed by atoms with van der Waals surface area (Å²) < 4.78 is 6.30. The average molecular weight is 631 g/mol. The molecule has 0 saturated carbocycles. The van der Waals surface area contributed by atoms with Gasteiger partial charge in [0.1, 0.15) is 6.04 Å². The van der Waals surface area contributed by atoms with Crippen LogP contribution in [-0.4, -0.2) is 51.2 Å². The minimum absolute atomic E-state index is 0.0102. The van der Waals surface area contributed by atoms with Gasteiger partial charge in [-0.05, 0) is 41.2 Å². The second-order valence-corrected chi connectivity index (χ2v) is 11.7. The molecule has 0 aliphatic heterocycles. The van der Waals surface area contributed by atoms with Gasteiger partial charge in [-0.3, -0.25) is 19.2 Å². The van der Waals surface area contributed by atoms with E-state index in [2.05, 4.69) is 31.2 Å². The normalized spacial score (nSPS) is 12.7. The first kappa shape index (κ1) is 33.5. The predicted molar refractivity (Wildman–Crippen MR) is 162 cm³/mol. The van der Waals surface area contributed by atoms with Crippen molar-refractivity contribution in [1.29, 1.82) is 0 Å². The first-order chi connectivity index (χ1) is 20.2. The monoisotopic (exact) mass is 629 g/mol. The van der Waals surface area contributed by atoms with E-state index in [1.165, 1.54) is 35.1 Å². The van der Waals surface area contributed by atoms with Crippen LogP contribution in [0.15, 0.2) is 59.5 Å². The second kappa shape index (κ2) is 14.4. The van der Waals surface area contributed by atoms with Crippen molar-refractivity contribution < 1.29 is 29.0 Å². The van der Waals surface area contributed by atoms with Crippen molar-refractivity contribution in [2.45, 2.75) is 64.5 Å². The van der Waals surface area contributed by atoms with Gasteiger partial charge in [0.25, 0.3) is 5.56 Å². The summed E-state index contributed by atoms with van der Waals surface area (Å²) in [7, 11) is 0. The number of carboxylic acids is 1. The smallest absolute Gasteiger partial charge is 0.341 e. The number of hydrogen-bond acceptors (Lipinski definition) is 7. The highest BCUT2D eigenvalue weighted by atomic mass is 35.5. The summed E-state index contributed by atoms with van der Waals surface area (Å²) in [6.45, 7) is 7.23. The SMILES string of the molecule is CC[C@@H](C(=O)N[C@@H](CC(=O)O)C(=O)COC(=O)c1c(Cl)cccc1Cl)c1ccnn(Cc2ccccc2C(C)(C)C)c1=O. The highest BCUT2D eigenvalue weighted by Crippen LogP contribution is 2.27. The molecule has 0 unspecified atom stereocenters. The fourth-order valence-electron chi connectivity index (χ4n) is 4.64. The molecule has 2 N–H and O–H groups in total. The van der Waals surface area contributed by atoms with E-state index in [4.69, 9.17) is 27.9 Å². The van der Waals surface area contributed by atoms with Gasteiger partial charge in [0, 0.05) is 11.8 Å². The maximum absolute atomic E-state index is 13.5. The van der Waals surface area contributed by atoms with Crippen LogP contribution in [0.4, 0.5) is 0 Å². The molecule has 0 spiro atoms. The molecule has 12 heteroatoms. The highest BCUT2D eigenvalue weighted by Gasteiger charge is 2.30. The van der Waals surface area contributed by atoms with Crippen LogP contribution in [-0.2, 0) is 31.1 Å². The number of carboxylic acid groups (broad SMARTS) is 1. The van der Waals surface area contributed by atoms with Gasteiger partial charge in [0.15, 0.2) is 12.4 Å². The van der Waals surface area contributed by atoms with E-state index in [9.17, 15) is 29.1 Å². The number of nitrogens with one attached hydrogen (secondary N) is 1. The molecule has 3 rings (SSSR count). The molecule has 228 valence electrons. The van der Waals surface area contributed by atoms with Gasteiger partial charge >= 0.3 is 11.9 Å². The molecule has 43 heavy (non-hydrogen) atoms. The van der Waals surface area contributed by atoms with E-state index < -0.39 is 54.2 Å². The number of aromatic nitrogens is 2. The fraction of sp³-hybridized carbons (Fsp3) is 0.355. The highest BCUT2D eigenvalue weighted by molar-refractivity contribution is 6.39. The number of ether oxygens (including phenoxy) is 1. The average Bonchev–Trinajstić information content (AvgIpc) is 2.93. The van der Waals surface area contributed by atoms with Crippen LogP contribution in [0.5, 0.6) is 0 Å². The largest absolute Gasteiger partial charge is 0.481 e. The van der Waals surface area contributed by atoms with Gasteiger partial charge in [-0.15, -0.1) is 0 Å². The van der Waals surface area contributed by atoms with E-state index in [0.29, 0.717) is 0 Å². The lowest BCUT2D eigenvalue weighted by Gasteiger charge is -2.23. The van der Waals surface area contributed by atoms with Crippen molar-refractivity contribution in [3.8, 4) is 0 Å². The molecule has 0 aliphatic rings. The standard InChI is InChI=1S/C31H33Cl2N3O7/c1-5-19(20-13-14-34-36(29(20)41)16-18-9-6-7-10-21(18)31(2,3)4)28(40)35-24(15-26(38)39)25(37)17-43-30(42)27-22(32)11-8-12-23(27)33/h6-14,19,24H,5,15-17H2,1-4H3,(H,35,40)(H,38,39)/t19-,24+/m1/s1. The van der Waals surface area contributed by atoms with E-state index in [0.717, 1.165) is 11.1 Å². The summed E-state index contributed by atoms with van der Waals surface area (Å²) >= 11 is 12.0. The van der Waals surface area contributed by atoms with Crippen molar-refractivity contribution >= 4 is 46.8 Å². The van der Waals surface area contributed by atoms with Crippen molar-refractivity contribution in [2.75, 3.05) is 6.61 Å². The minimum Gasteiger partial charge on any atom is -0.481 e. The molecular formula is C31H33Cl2N3O7. The third-order valence-electron chi connectivity index (χ3n) is 6.78. The van der Waals surface area contributed by atoms with Crippen LogP contribution in [0.3, 0.4) is 0 Å². The molecule has 2 aromatic carbocycles. The molecule has 0 fully saturated rings. The number of amides is 1. The summed E-state index contributed by atoms with van der Waals surface area (Å²) in [5.74, 6) is -4.95. The van der Waals surface area contributed by atoms with E-state index >= 15 is 0 Å². The molecule has 1 heterocycles. The van der Waals surface area contributed by atoms with Crippen LogP contribution in [0.1, 0.15) is 73.5 Å². The summed E-state index contributed by atoms with van der Waals surface area (Å²) in [6.07, 6.45) is 0.832. The van der Waals surface area contributed by atoms with Gasteiger partial charge < -0.3 is 15.2 Å². The van der Waals surface area contributed by atoms with Gasteiger partial charge in [-0.2, -0.15) is 5.10 Å². The Morgan fingerprint density at radius 1 is 1.02 bits per heavy atom. The van der Waals surface area contributed by atoms with Crippen LogP contribution in [0.25, 0.3) is 0 Å². The number of esters is 1. The number of carbonyl (C=O) groups excluding carboxylic acids is 3. The van der Waals surface area contributed by atoms with E-state index in [-0.39, 0.29) is 39.6 Å².